The summed E-state index contributed by atoms with van der Waals surface area (Å²) in [5.41, 5.74) is 5.79. The van der Waals surface area contributed by atoms with E-state index in [0.29, 0.717) is 17.3 Å². The smallest absolute Gasteiger partial charge is 0.322 e. The summed E-state index contributed by atoms with van der Waals surface area (Å²) < 4.78 is 7.52. The fraction of sp³-hybridized carbons (Fsp3) is 0.148. The Morgan fingerprint density at radius 1 is 1.03 bits per heavy atom. The second-order valence-corrected chi connectivity index (χ2v) is 8.54. The minimum atomic E-state index is -0.292. The molecule has 1 aliphatic heterocycles. The number of carbonyl (C=O) groups is 1. The Bertz CT molecular complexity index is 1310. The first-order chi connectivity index (χ1) is 16.0. The third-order valence-electron chi connectivity index (χ3n) is 6.08. The first-order valence-corrected chi connectivity index (χ1v) is 11.2. The number of hydrogen-bond donors (Lipinski definition) is 1. The van der Waals surface area contributed by atoms with Crippen molar-refractivity contribution in [3.8, 4) is 11.4 Å². The summed E-state index contributed by atoms with van der Waals surface area (Å²) in [6.45, 7) is 2.40. The molecule has 1 atom stereocenters. The summed E-state index contributed by atoms with van der Waals surface area (Å²) in [7, 11) is 1.65. The van der Waals surface area contributed by atoms with E-state index in [1.807, 2.05) is 72.6 Å². The van der Waals surface area contributed by atoms with Crippen molar-refractivity contribution in [3.05, 3.63) is 112 Å². The second kappa shape index (κ2) is 8.68. The van der Waals surface area contributed by atoms with Crippen LogP contribution >= 0.6 is 11.6 Å². The third-order valence-corrected chi connectivity index (χ3v) is 6.49. The highest BCUT2D eigenvalue weighted by Crippen LogP contribution is 2.37. The van der Waals surface area contributed by atoms with Gasteiger partial charge in [-0.25, -0.2) is 4.79 Å². The van der Waals surface area contributed by atoms with E-state index in [1.165, 1.54) is 0 Å². The van der Waals surface area contributed by atoms with E-state index in [0.717, 1.165) is 33.8 Å². The van der Waals surface area contributed by atoms with Crippen LogP contribution in [0.3, 0.4) is 0 Å². The van der Waals surface area contributed by atoms with E-state index in [1.54, 1.807) is 13.2 Å². The lowest BCUT2D eigenvalue weighted by Gasteiger charge is -2.31. The van der Waals surface area contributed by atoms with E-state index in [9.17, 15) is 4.79 Å². The molecule has 0 fully saturated rings. The lowest BCUT2D eigenvalue weighted by molar-refractivity contribution is 0.194. The van der Waals surface area contributed by atoms with E-state index < -0.39 is 0 Å². The number of fused-ring (bicyclic) bond motifs is 3. The number of benzene rings is 3. The van der Waals surface area contributed by atoms with Gasteiger partial charge in [-0.15, -0.1) is 0 Å². The first-order valence-electron chi connectivity index (χ1n) is 10.8. The fourth-order valence-electron chi connectivity index (χ4n) is 4.34. The summed E-state index contributed by atoms with van der Waals surface area (Å²) in [4.78, 5) is 15.6. The van der Waals surface area contributed by atoms with Gasteiger partial charge >= 0.3 is 6.03 Å². The zero-order valence-corrected chi connectivity index (χ0v) is 19.2. The topological polar surface area (TPSA) is 46.5 Å². The number of methoxy groups -OCH3 is 1. The number of rotatable bonds is 3. The number of amides is 2. The summed E-state index contributed by atoms with van der Waals surface area (Å²) in [5, 5.41) is 3.67. The zero-order valence-electron chi connectivity index (χ0n) is 18.5. The van der Waals surface area contributed by atoms with Crippen molar-refractivity contribution in [2.45, 2.75) is 19.5 Å². The number of nitrogens with one attached hydrogen (secondary N) is 1. The number of urea groups is 1. The van der Waals surface area contributed by atoms with Crippen LogP contribution in [-0.2, 0) is 6.54 Å². The van der Waals surface area contributed by atoms with Crippen LogP contribution < -0.4 is 10.1 Å². The van der Waals surface area contributed by atoms with Gasteiger partial charge in [-0.05, 0) is 66.1 Å². The Kier molecular flexibility index (Phi) is 5.56. The molecule has 5 rings (SSSR count). The summed E-state index contributed by atoms with van der Waals surface area (Å²) >= 11 is 6.30. The Labute approximate surface area is 198 Å². The second-order valence-electron chi connectivity index (χ2n) is 8.13. The number of aryl methyl sites for hydroxylation is 1. The SMILES string of the molecule is COc1ccc([C@H]2c3cccn3-c3ccccc3CN2C(=O)Nc2ccc(C)c(Cl)c2)cc1. The predicted molar refractivity (Wildman–Crippen MR) is 131 cm³/mol. The third kappa shape index (κ3) is 3.96. The highest BCUT2D eigenvalue weighted by Gasteiger charge is 2.33. The van der Waals surface area contributed by atoms with Crippen LogP contribution in [0.25, 0.3) is 5.69 Å². The molecule has 166 valence electrons. The molecule has 0 radical (unpaired) electrons. The van der Waals surface area contributed by atoms with Gasteiger partial charge < -0.3 is 19.5 Å². The molecule has 5 nitrogen and oxygen atoms in total. The number of para-hydroxylation sites is 1. The monoisotopic (exact) mass is 457 g/mol. The van der Waals surface area contributed by atoms with Crippen LogP contribution in [0.4, 0.5) is 10.5 Å². The molecule has 0 spiro atoms. The first kappa shape index (κ1) is 21.2. The van der Waals surface area contributed by atoms with Gasteiger partial charge in [0.15, 0.2) is 0 Å². The summed E-state index contributed by atoms with van der Waals surface area (Å²) in [5.74, 6) is 0.774. The number of aromatic nitrogens is 1. The maximum Gasteiger partial charge on any atom is 0.322 e. The van der Waals surface area contributed by atoms with Crippen molar-refractivity contribution in [1.82, 2.24) is 9.47 Å². The van der Waals surface area contributed by atoms with Crippen molar-refractivity contribution in [1.29, 1.82) is 0 Å². The van der Waals surface area contributed by atoms with Crippen LogP contribution in [0.15, 0.2) is 85.1 Å². The van der Waals surface area contributed by atoms with Gasteiger partial charge in [0.25, 0.3) is 0 Å². The predicted octanol–water partition coefficient (Wildman–Crippen LogP) is 6.58. The van der Waals surface area contributed by atoms with E-state index in [4.69, 9.17) is 16.3 Å². The Morgan fingerprint density at radius 2 is 1.82 bits per heavy atom. The molecular formula is C27H24ClN3O2. The number of anilines is 1. The summed E-state index contributed by atoms with van der Waals surface area (Å²) in [6.07, 6.45) is 2.05. The van der Waals surface area contributed by atoms with Gasteiger partial charge in [-0.2, -0.15) is 0 Å². The summed E-state index contributed by atoms with van der Waals surface area (Å²) in [6, 6.07) is 25.2. The Morgan fingerprint density at radius 3 is 2.58 bits per heavy atom. The van der Waals surface area contributed by atoms with Gasteiger partial charge in [-0.3, -0.25) is 0 Å². The molecule has 2 amide bonds. The zero-order chi connectivity index (χ0) is 22.9. The number of halogens is 1. The van der Waals surface area contributed by atoms with Crippen molar-refractivity contribution in [3.63, 3.8) is 0 Å². The van der Waals surface area contributed by atoms with E-state index in [2.05, 4.69) is 28.1 Å². The molecule has 0 unspecified atom stereocenters. The molecule has 6 heteroatoms. The highest BCUT2D eigenvalue weighted by atomic mass is 35.5. The van der Waals surface area contributed by atoms with Gasteiger partial charge in [0.2, 0.25) is 0 Å². The number of carbonyl (C=O) groups excluding carboxylic acids is 1. The Hall–Kier alpha value is -3.70. The maximum atomic E-state index is 13.7. The molecule has 33 heavy (non-hydrogen) atoms. The van der Waals surface area contributed by atoms with Crippen LogP contribution in [0, 0.1) is 6.92 Å². The van der Waals surface area contributed by atoms with Crippen LogP contribution in [0.2, 0.25) is 5.02 Å². The molecule has 1 aliphatic rings. The van der Waals surface area contributed by atoms with E-state index in [-0.39, 0.29) is 12.1 Å². The standard InChI is InChI=1S/C27H24ClN3O2/c1-18-9-12-21(16-23(18)28)29-27(32)31-17-20-6-3-4-7-24(20)30-15-5-8-25(30)26(31)19-10-13-22(33-2)14-11-19/h3-16,26H,17H2,1-2H3,(H,29,32)/t26-/m0/s1. The lowest BCUT2D eigenvalue weighted by atomic mass is 10.0. The van der Waals surface area contributed by atoms with Crippen LogP contribution in [0.1, 0.15) is 28.4 Å². The highest BCUT2D eigenvalue weighted by molar-refractivity contribution is 6.31. The average molecular weight is 458 g/mol. The fourth-order valence-corrected chi connectivity index (χ4v) is 4.52. The molecule has 0 aliphatic carbocycles. The maximum absolute atomic E-state index is 13.7. The van der Waals surface area contributed by atoms with Crippen molar-refractivity contribution < 1.29 is 9.53 Å². The quantitative estimate of drug-likeness (QED) is 0.377. The molecule has 3 aromatic carbocycles. The van der Waals surface area contributed by atoms with Crippen LogP contribution in [0.5, 0.6) is 5.75 Å². The van der Waals surface area contributed by atoms with Gasteiger partial charge in [0.05, 0.1) is 25.4 Å². The Balaban J connectivity index is 1.61. The normalized spacial score (nSPS) is 14.8. The number of nitrogens with zero attached hydrogens (tertiary/aromatic N) is 2. The largest absolute Gasteiger partial charge is 0.497 e. The molecule has 0 bridgehead atoms. The molecule has 2 heterocycles. The molecule has 0 saturated heterocycles. The van der Waals surface area contributed by atoms with Gasteiger partial charge in [-0.1, -0.05) is 48.0 Å². The van der Waals surface area contributed by atoms with Crippen molar-refractivity contribution in [2.75, 3.05) is 12.4 Å². The minimum Gasteiger partial charge on any atom is -0.497 e. The molecule has 1 N–H and O–H groups in total. The molecule has 0 saturated carbocycles. The number of hydrogen-bond acceptors (Lipinski definition) is 2. The molecule has 4 aromatic rings. The van der Waals surface area contributed by atoms with E-state index >= 15 is 0 Å². The number of ether oxygens (including phenoxy) is 1. The van der Waals surface area contributed by atoms with Gasteiger partial charge in [0.1, 0.15) is 5.75 Å². The van der Waals surface area contributed by atoms with Gasteiger partial charge in [0, 0.05) is 22.6 Å². The minimum absolute atomic E-state index is 0.194. The van der Waals surface area contributed by atoms with Crippen molar-refractivity contribution in [2.24, 2.45) is 0 Å². The molecular weight excluding hydrogens is 434 g/mol. The van der Waals surface area contributed by atoms with Crippen LogP contribution in [-0.4, -0.2) is 22.6 Å². The molecule has 1 aromatic heterocycles. The lowest BCUT2D eigenvalue weighted by Crippen LogP contribution is -2.37. The van der Waals surface area contributed by atoms with Crippen molar-refractivity contribution >= 4 is 23.3 Å². The average Bonchev–Trinajstić information content (AvgIpc) is 3.26.